The van der Waals surface area contributed by atoms with Gasteiger partial charge in [-0.25, -0.2) is 4.98 Å². The monoisotopic (exact) mass is 278 g/mol. The molecule has 0 saturated carbocycles. The molecule has 1 aromatic carbocycles. The molecule has 0 saturated heterocycles. The molecule has 0 amide bonds. The van der Waals surface area contributed by atoms with Crippen molar-refractivity contribution in [3.05, 3.63) is 41.4 Å². The van der Waals surface area contributed by atoms with Crippen molar-refractivity contribution >= 4 is 23.1 Å². The van der Waals surface area contributed by atoms with Crippen molar-refractivity contribution in [3.8, 4) is 0 Å². The Labute approximate surface area is 117 Å². The first kappa shape index (κ1) is 13.6. The number of hydrogen-bond acceptors (Lipinski definition) is 4. The van der Waals surface area contributed by atoms with Crippen LogP contribution in [0.2, 0.25) is 0 Å². The Morgan fingerprint density at radius 2 is 2.22 bits per heavy atom. The van der Waals surface area contributed by atoms with Gasteiger partial charge in [0.05, 0.1) is 0 Å². The van der Waals surface area contributed by atoms with E-state index in [1.165, 1.54) is 10.5 Å². The highest BCUT2D eigenvalue weighted by Gasteiger charge is 2.11. The molecular formula is C14H18N2S2. The van der Waals surface area contributed by atoms with Crippen molar-refractivity contribution in [2.45, 2.75) is 35.5 Å². The molecule has 0 fully saturated rings. The maximum absolute atomic E-state index is 4.34. The molecule has 0 bridgehead atoms. The fraction of sp³-hybridized carbons (Fsp3) is 0.357. The van der Waals surface area contributed by atoms with Crippen molar-refractivity contribution in [3.63, 3.8) is 0 Å². The highest BCUT2D eigenvalue weighted by Crippen LogP contribution is 2.34. The molecular weight excluding hydrogens is 260 g/mol. The van der Waals surface area contributed by atoms with Gasteiger partial charge in [-0.2, -0.15) is 0 Å². The third-order valence-corrected chi connectivity index (χ3v) is 4.67. The number of rotatable bonds is 6. The van der Waals surface area contributed by atoms with Crippen LogP contribution in [0.15, 0.2) is 45.1 Å². The van der Waals surface area contributed by atoms with E-state index in [4.69, 9.17) is 0 Å². The highest BCUT2D eigenvalue weighted by atomic mass is 32.2. The van der Waals surface area contributed by atoms with Crippen molar-refractivity contribution in [2.75, 3.05) is 6.54 Å². The van der Waals surface area contributed by atoms with Crippen LogP contribution in [0.3, 0.4) is 0 Å². The van der Waals surface area contributed by atoms with Gasteiger partial charge in [-0.1, -0.05) is 36.9 Å². The second-order valence-electron chi connectivity index (χ2n) is 4.11. The van der Waals surface area contributed by atoms with E-state index in [0.29, 0.717) is 6.04 Å². The second-order valence-corrected chi connectivity index (χ2v) is 6.30. The smallest absolute Gasteiger partial charge is 0.154 e. The predicted molar refractivity (Wildman–Crippen MR) is 79.4 cm³/mol. The highest BCUT2D eigenvalue weighted by molar-refractivity contribution is 8.01. The number of benzene rings is 1. The summed E-state index contributed by atoms with van der Waals surface area (Å²) in [7, 11) is 0. The van der Waals surface area contributed by atoms with E-state index in [1.807, 2.05) is 11.6 Å². The maximum atomic E-state index is 4.34. The van der Waals surface area contributed by atoms with Gasteiger partial charge in [0.15, 0.2) is 4.34 Å². The first-order valence-electron chi connectivity index (χ1n) is 6.21. The van der Waals surface area contributed by atoms with Gasteiger partial charge in [-0.3, -0.25) is 0 Å². The molecule has 4 heteroatoms. The van der Waals surface area contributed by atoms with Gasteiger partial charge in [0.2, 0.25) is 0 Å². The Kier molecular flexibility index (Phi) is 5.23. The molecule has 1 unspecified atom stereocenters. The van der Waals surface area contributed by atoms with Crippen LogP contribution in [0.25, 0.3) is 0 Å². The van der Waals surface area contributed by atoms with E-state index in [9.17, 15) is 0 Å². The van der Waals surface area contributed by atoms with Crippen LogP contribution >= 0.6 is 23.1 Å². The van der Waals surface area contributed by atoms with Gasteiger partial charge < -0.3 is 5.32 Å². The van der Waals surface area contributed by atoms with Crippen molar-refractivity contribution < 1.29 is 0 Å². The standard InChI is InChI=1S/C14H18N2S2/c1-3-8-15-11(2)12-6-4-5-7-13(12)18-14-16-9-10-17-14/h4-7,9-11,15H,3,8H2,1-2H3. The largest absolute Gasteiger partial charge is 0.310 e. The summed E-state index contributed by atoms with van der Waals surface area (Å²) in [6, 6.07) is 8.94. The van der Waals surface area contributed by atoms with Gasteiger partial charge in [-0.15, -0.1) is 11.3 Å². The van der Waals surface area contributed by atoms with Gasteiger partial charge in [0.1, 0.15) is 0 Å². The molecule has 96 valence electrons. The average Bonchev–Trinajstić information content (AvgIpc) is 2.89. The lowest BCUT2D eigenvalue weighted by atomic mass is 10.1. The molecule has 2 rings (SSSR count). The van der Waals surface area contributed by atoms with Gasteiger partial charge in [0.25, 0.3) is 0 Å². The zero-order valence-corrected chi connectivity index (χ0v) is 12.4. The second kappa shape index (κ2) is 6.92. The normalized spacial score (nSPS) is 12.6. The van der Waals surface area contributed by atoms with Crippen LogP contribution in [0, 0.1) is 0 Å². The minimum Gasteiger partial charge on any atom is -0.310 e. The maximum Gasteiger partial charge on any atom is 0.154 e. The lowest BCUT2D eigenvalue weighted by Gasteiger charge is -2.16. The number of nitrogens with one attached hydrogen (secondary N) is 1. The average molecular weight is 278 g/mol. The fourth-order valence-electron chi connectivity index (χ4n) is 1.76. The summed E-state index contributed by atoms with van der Waals surface area (Å²) < 4.78 is 1.10. The molecule has 1 heterocycles. The molecule has 1 atom stereocenters. The Hall–Kier alpha value is -0.840. The third kappa shape index (κ3) is 3.57. The molecule has 1 aromatic heterocycles. The van der Waals surface area contributed by atoms with Crippen LogP contribution in [-0.2, 0) is 0 Å². The summed E-state index contributed by atoms with van der Waals surface area (Å²) in [5.41, 5.74) is 1.35. The summed E-state index contributed by atoms with van der Waals surface area (Å²) in [5, 5.41) is 5.56. The molecule has 0 aliphatic carbocycles. The van der Waals surface area contributed by atoms with Crippen molar-refractivity contribution in [2.24, 2.45) is 0 Å². The summed E-state index contributed by atoms with van der Waals surface area (Å²) in [5.74, 6) is 0. The predicted octanol–water partition coefficient (Wildman–Crippen LogP) is 4.35. The first-order chi connectivity index (χ1) is 8.81. The molecule has 0 spiro atoms. The summed E-state index contributed by atoms with van der Waals surface area (Å²) in [6.45, 7) is 5.46. The van der Waals surface area contributed by atoms with Crippen LogP contribution in [-0.4, -0.2) is 11.5 Å². The van der Waals surface area contributed by atoms with Crippen molar-refractivity contribution in [1.29, 1.82) is 0 Å². The molecule has 0 aliphatic rings. The van der Waals surface area contributed by atoms with Gasteiger partial charge in [-0.05, 0) is 31.5 Å². The van der Waals surface area contributed by atoms with Gasteiger partial charge >= 0.3 is 0 Å². The summed E-state index contributed by atoms with van der Waals surface area (Å²) >= 11 is 3.44. The molecule has 2 nitrogen and oxygen atoms in total. The summed E-state index contributed by atoms with van der Waals surface area (Å²) in [6.07, 6.45) is 3.01. The Balaban J connectivity index is 2.14. The van der Waals surface area contributed by atoms with E-state index in [2.05, 4.69) is 48.4 Å². The Morgan fingerprint density at radius 1 is 1.39 bits per heavy atom. The Bertz CT molecular complexity index is 468. The molecule has 1 N–H and O–H groups in total. The zero-order chi connectivity index (χ0) is 12.8. The SMILES string of the molecule is CCCNC(C)c1ccccc1Sc1nccs1. The molecule has 2 aromatic rings. The minimum atomic E-state index is 0.383. The molecule has 18 heavy (non-hydrogen) atoms. The Morgan fingerprint density at radius 3 is 2.94 bits per heavy atom. The number of nitrogens with zero attached hydrogens (tertiary/aromatic N) is 1. The van der Waals surface area contributed by atoms with E-state index in [-0.39, 0.29) is 0 Å². The van der Waals surface area contributed by atoms with Crippen LogP contribution < -0.4 is 5.32 Å². The number of aromatic nitrogens is 1. The number of hydrogen-bond donors (Lipinski definition) is 1. The van der Waals surface area contributed by atoms with Crippen LogP contribution in [0.1, 0.15) is 31.9 Å². The van der Waals surface area contributed by atoms with Crippen LogP contribution in [0.4, 0.5) is 0 Å². The zero-order valence-electron chi connectivity index (χ0n) is 10.7. The summed E-state index contributed by atoms with van der Waals surface area (Å²) in [4.78, 5) is 5.63. The van der Waals surface area contributed by atoms with E-state index >= 15 is 0 Å². The van der Waals surface area contributed by atoms with E-state index in [0.717, 1.165) is 17.3 Å². The molecule has 0 aliphatic heterocycles. The van der Waals surface area contributed by atoms with Gasteiger partial charge in [0, 0.05) is 22.5 Å². The lowest BCUT2D eigenvalue weighted by Crippen LogP contribution is -2.19. The first-order valence-corrected chi connectivity index (χ1v) is 7.90. The fourth-order valence-corrected chi connectivity index (χ4v) is 3.56. The molecule has 0 radical (unpaired) electrons. The van der Waals surface area contributed by atoms with E-state index < -0.39 is 0 Å². The number of thiazole rings is 1. The van der Waals surface area contributed by atoms with Crippen LogP contribution in [0.5, 0.6) is 0 Å². The minimum absolute atomic E-state index is 0.383. The topological polar surface area (TPSA) is 24.9 Å². The van der Waals surface area contributed by atoms with Crippen molar-refractivity contribution in [1.82, 2.24) is 10.3 Å². The third-order valence-electron chi connectivity index (χ3n) is 2.69. The quantitative estimate of drug-likeness (QED) is 0.850. The van der Waals surface area contributed by atoms with E-state index in [1.54, 1.807) is 23.1 Å². The lowest BCUT2D eigenvalue weighted by molar-refractivity contribution is 0.564.